The molecule has 0 saturated carbocycles. The van der Waals surface area contributed by atoms with Crippen molar-refractivity contribution < 1.29 is 29.6 Å². The summed E-state index contributed by atoms with van der Waals surface area (Å²) in [5.74, 6) is -3.09. The second-order valence-corrected chi connectivity index (χ2v) is 2.74. The summed E-state index contributed by atoms with van der Waals surface area (Å²) < 4.78 is 17.6. The number of rotatable bonds is 1. The lowest BCUT2D eigenvalue weighted by atomic mass is 9.98. The summed E-state index contributed by atoms with van der Waals surface area (Å²) >= 11 is 0. The van der Waals surface area contributed by atoms with Gasteiger partial charge in [0.15, 0.2) is 0 Å². The summed E-state index contributed by atoms with van der Waals surface area (Å²) in [6.07, 6.45) is -4.91. The van der Waals surface area contributed by atoms with Crippen LogP contribution in [0.25, 0.3) is 0 Å². The Hall–Kier alpha value is -0.270. The Balaban J connectivity index is 2.73. The van der Waals surface area contributed by atoms with E-state index in [1.165, 1.54) is 0 Å². The van der Waals surface area contributed by atoms with E-state index in [1.807, 2.05) is 0 Å². The molecule has 1 heterocycles. The van der Waals surface area contributed by atoms with Crippen LogP contribution in [0.4, 0.5) is 4.39 Å². The van der Waals surface area contributed by atoms with Gasteiger partial charge in [-0.25, -0.2) is 4.39 Å². The molecule has 4 N–H and O–H groups in total. The molecule has 12 heavy (non-hydrogen) atoms. The van der Waals surface area contributed by atoms with Crippen molar-refractivity contribution in [3.63, 3.8) is 0 Å². The lowest BCUT2D eigenvalue weighted by Gasteiger charge is -2.38. The van der Waals surface area contributed by atoms with E-state index in [9.17, 15) is 4.39 Å². The van der Waals surface area contributed by atoms with Gasteiger partial charge < -0.3 is 25.2 Å². The SMILES string of the molecule is OC[C@H]1OC[C@H](O)[C@@H](O)[C@@]1(O)F. The normalized spacial score (nSPS) is 49.2. The zero-order valence-electron chi connectivity index (χ0n) is 6.22. The van der Waals surface area contributed by atoms with Crippen LogP contribution >= 0.6 is 0 Å². The molecular formula is C6H11FO5. The third-order valence-corrected chi connectivity index (χ3v) is 1.86. The molecule has 1 aliphatic rings. The van der Waals surface area contributed by atoms with Crippen LogP contribution in [-0.2, 0) is 4.74 Å². The molecule has 0 aromatic carbocycles. The van der Waals surface area contributed by atoms with Gasteiger partial charge in [0, 0.05) is 0 Å². The smallest absolute Gasteiger partial charge is 0.264 e. The second-order valence-electron chi connectivity index (χ2n) is 2.74. The van der Waals surface area contributed by atoms with E-state index in [2.05, 4.69) is 4.74 Å². The molecule has 4 atom stereocenters. The highest BCUT2D eigenvalue weighted by Gasteiger charge is 2.51. The summed E-state index contributed by atoms with van der Waals surface area (Å²) in [4.78, 5) is 0. The minimum absolute atomic E-state index is 0.307. The number of halogens is 1. The average molecular weight is 182 g/mol. The van der Waals surface area contributed by atoms with E-state index in [1.54, 1.807) is 0 Å². The molecule has 0 amide bonds. The molecule has 6 heteroatoms. The van der Waals surface area contributed by atoms with Crippen LogP contribution in [0.1, 0.15) is 0 Å². The Kier molecular flexibility index (Phi) is 2.64. The minimum atomic E-state index is -3.09. The third-order valence-electron chi connectivity index (χ3n) is 1.86. The van der Waals surface area contributed by atoms with Gasteiger partial charge in [-0.05, 0) is 0 Å². The first-order valence-corrected chi connectivity index (χ1v) is 3.50. The standard InChI is InChI=1S/C6H11FO5/c7-6(11)4(1-8)12-2-3(9)5(6)10/h3-5,8-11H,1-2H2/t3-,4+,5+,6+/m0/s1. The molecule has 1 rings (SSSR count). The van der Waals surface area contributed by atoms with Gasteiger partial charge in [0.2, 0.25) is 0 Å². The predicted octanol–water partition coefficient (Wildman–Crippen LogP) is -2.24. The van der Waals surface area contributed by atoms with Gasteiger partial charge in [0.1, 0.15) is 18.3 Å². The van der Waals surface area contributed by atoms with Crippen LogP contribution in [0.15, 0.2) is 0 Å². The van der Waals surface area contributed by atoms with Crippen LogP contribution < -0.4 is 0 Å². The van der Waals surface area contributed by atoms with Crippen molar-refractivity contribution in [2.45, 2.75) is 24.2 Å². The van der Waals surface area contributed by atoms with Crippen molar-refractivity contribution >= 4 is 0 Å². The van der Waals surface area contributed by atoms with Gasteiger partial charge in [-0.2, -0.15) is 0 Å². The van der Waals surface area contributed by atoms with Crippen LogP contribution in [0.5, 0.6) is 0 Å². The van der Waals surface area contributed by atoms with E-state index < -0.39 is 30.8 Å². The van der Waals surface area contributed by atoms with E-state index in [0.717, 1.165) is 0 Å². The first-order chi connectivity index (χ1) is 5.50. The molecule has 1 fully saturated rings. The predicted molar refractivity (Wildman–Crippen MR) is 34.9 cm³/mol. The van der Waals surface area contributed by atoms with Gasteiger partial charge in [-0.15, -0.1) is 0 Å². The van der Waals surface area contributed by atoms with Crippen molar-refractivity contribution in [2.75, 3.05) is 13.2 Å². The quantitative estimate of drug-likeness (QED) is 0.368. The number of hydrogen-bond acceptors (Lipinski definition) is 5. The Labute approximate surface area is 68.0 Å². The van der Waals surface area contributed by atoms with Gasteiger partial charge in [0.25, 0.3) is 5.85 Å². The van der Waals surface area contributed by atoms with Gasteiger partial charge in [0.05, 0.1) is 13.2 Å². The van der Waals surface area contributed by atoms with Crippen molar-refractivity contribution in [1.29, 1.82) is 0 Å². The molecule has 0 aliphatic carbocycles. The topological polar surface area (TPSA) is 90.2 Å². The molecule has 5 nitrogen and oxygen atoms in total. The lowest BCUT2D eigenvalue weighted by Crippen LogP contribution is -2.61. The number of hydrogen-bond donors (Lipinski definition) is 4. The van der Waals surface area contributed by atoms with Crippen LogP contribution in [0.2, 0.25) is 0 Å². The van der Waals surface area contributed by atoms with Crippen molar-refractivity contribution in [1.82, 2.24) is 0 Å². The average Bonchev–Trinajstić information content (AvgIpc) is 2.01. The van der Waals surface area contributed by atoms with Gasteiger partial charge in [-0.3, -0.25) is 0 Å². The monoisotopic (exact) mass is 182 g/mol. The fourth-order valence-electron chi connectivity index (χ4n) is 1.06. The molecule has 0 radical (unpaired) electrons. The highest BCUT2D eigenvalue weighted by atomic mass is 19.2. The maximum absolute atomic E-state index is 13.0. The number of aliphatic hydroxyl groups is 4. The Morgan fingerprint density at radius 1 is 1.50 bits per heavy atom. The van der Waals surface area contributed by atoms with Gasteiger partial charge in [-0.1, -0.05) is 0 Å². The van der Waals surface area contributed by atoms with E-state index in [4.69, 9.17) is 20.4 Å². The Morgan fingerprint density at radius 2 is 2.08 bits per heavy atom. The Morgan fingerprint density at radius 3 is 2.58 bits per heavy atom. The largest absolute Gasteiger partial charge is 0.393 e. The van der Waals surface area contributed by atoms with Crippen molar-refractivity contribution in [2.24, 2.45) is 0 Å². The summed E-state index contributed by atoms with van der Waals surface area (Å²) in [7, 11) is 0. The summed E-state index contributed by atoms with van der Waals surface area (Å²) in [6, 6.07) is 0. The zero-order valence-corrected chi connectivity index (χ0v) is 6.22. The van der Waals surface area contributed by atoms with Crippen molar-refractivity contribution in [3.05, 3.63) is 0 Å². The fraction of sp³-hybridized carbons (Fsp3) is 1.00. The first-order valence-electron chi connectivity index (χ1n) is 3.50. The first kappa shape index (κ1) is 9.82. The molecule has 72 valence electrons. The molecule has 0 aromatic rings. The van der Waals surface area contributed by atoms with E-state index in [-0.39, 0.29) is 6.61 Å². The summed E-state index contributed by atoms with van der Waals surface area (Å²) in [5.41, 5.74) is 0. The van der Waals surface area contributed by atoms with Crippen molar-refractivity contribution in [3.8, 4) is 0 Å². The molecular weight excluding hydrogens is 171 g/mol. The molecule has 0 spiro atoms. The number of aliphatic hydroxyl groups excluding tert-OH is 3. The zero-order chi connectivity index (χ0) is 9.35. The van der Waals surface area contributed by atoms with E-state index in [0.29, 0.717) is 0 Å². The number of alkyl halides is 1. The molecule has 0 bridgehead atoms. The highest BCUT2D eigenvalue weighted by Crippen LogP contribution is 2.27. The second kappa shape index (κ2) is 3.23. The maximum Gasteiger partial charge on any atom is 0.264 e. The highest BCUT2D eigenvalue weighted by molar-refractivity contribution is 4.92. The van der Waals surface area contributed by atoms with Crippen LogP contribution in [0.3, 0.4) is 0 Å². The van der Waals surface area contributed by atoms with Crippen LogP contribution in [0, 0.1) is 0 Å². The summed E-state index contributed by atoms with van der Waals surface area (Å²) in [5, 5.41) is 35.2. The van der Waals surface area contributed by atoms with Crippen LogP contribution in [-0.4, -0.2) is 57.8 Å². The third kappa shape index (κ3) is 1.44. The minimum Gasteiger partial charge on any atom is -0.393 e. The lowest BCUT2D eigenvalue weighted by molar-refractivity contribution is -0.302. The maximum atomic E-state index is 13.0. The fourth-order valence-corrected chi connectivity index (χ4v) is 1.06. The molecule has 0 aromatic heterocycles. The molecule has 0 unspecified atom stereocenters. The van der Waals surface area contributed by atoms with Gasteiger partial charge >= 0.3 is 0 Å². The van der Waals surface area contributed by atoms with E-state index >= 15 is 0 Å². The Bertz CT molecular complexity index is 158. The molecule has 1 aliphatic heterocycles. The molecule has 1 saturated heterocycles. The summed E-state index contributed by atoms with van der Waals surface area (Å²) in [6.45, 7) is -1.06. The number of ether oxygens (including phenoxy) is 1.